The number of piperazine rings is 1. The highest BCUT2D eigenvalue weighted by molar-refractivity contribution is 7.22. The quantitative estimate of drug-likeness (QED) is 0.448. The lowest BCUT2D eigenvalue weighted by Gasteiger charge is -2.34. The number of aromatic nitrogens is 1. The molecule has 0 atom stereocenters. The third-order valence-corrected chi connectivity index (χ3v) is 7.08. The van der Waals surface area contributed by atoms with Gasteiger partial charge in [-0.2, -0.15) is 0 Å². The van der Waals surface area contributed by atoms with Crippen LogP contribution in [0.2, 0.25) is 5.02 Å². The number of benzene rings is 3. The molecule has 7 heteroatoms. The van der Waals surface area contributed by atoms with Gasteiger partial charge in [-0.15, -0.1) is 0 Å². The molecule has 0 bridgehead atoms. The molecule has 1 amide bonds. The van der Waals surface area contributed by atoms with E-state index in [4.69, 9.17) is 21.3 Å². The molecular weight excluding hydrogens is 418 g/mol. The molecule has 0 N–H and O–H groups in total. The second-order valence-electron chi connectivity index (χ2n) is 7.26. The first kappa shape index (κ1) is 19.2. The molecule has 1 aliphatic heterocycles. The zero-order valence-electron chi connectivity index (χ0n) is 16.5. The minimum absolute atomic E-state index is 0.0782. The van der Waals surface area contributed by atoms with Gasteiger partial charge in [-0.25, -0.2) is 4.98 Å². The molecule has 30 heavy (non-hydrogen) atoms. The van der Waals surface area contributed by atoms with Gasteiger partial charge in [-0.05, 0) is 35.0 Å². The van der Waals surface area contributed by atoms with Gasteiger partial charge in [0.25, 0.3) is 5.91 Å². The van der Waals surface area contributed by atoms with E-state index < -0.39 is 0 Å². The Hall–Kier alpha value is -2.83. The summed E-state index contributed by atoms with van der Waals surface area (Å²) in [6, 6.07) is 17.7. The van der Waals surface area contributed by atoms with Crippen LogP contribution < -0.4 is 9.64 Å². The minimum Gasteiger partial charge on any atom is -0.494 e. The van der Waals surface area contributed by atoms with Crippen molar-refractivity contribution in [1.29, 1.82) is 0 Å². The fourth-order valence-corrected chi connectivity index (χ4v) is 5.15. The first-order valence-electron chi connectivity index (χ1n) is 9.80. The predicted octanol–water partition coefficient (Wildman–Crippen LogP) is 5.07. The van der Waals surface area contributed by atoms with Crippen LogP contribution in [0.15, 0.2) is 54.6 Å². The summed E-state index contributed by atoms with van der Waals surface area (Å²) >= 11 is 7.92. The summed E-state index contributed by atoms with van der Waals surface area (Å²) in [5.74, 6) is 0.802. The van der Waals surface area contributed by atoms with Crippen LogP contribution in [0.3, 0.4) is 0 Å². The Kier molecular flexibility index (Phi) is 4.97. The number of rotatable bonds is 3. The Morgan fingerprint density at radius 3 is 2.57 bits per heavy atom. The summed E-state index contributed by atoms with van der Waals surface area (Å²) < 4.78 is 6.36. The first-order valence-corrected chi connectivity index (χ1v) is 11.0. The standard InChI is InChI=1S/C23H20ClN3O2S/c1-29-19-9-8-18(24)21-20(19)25-23(30-21)27-12-10-26(11-13-27)22(28)17-7-6-15-4-2-3-5-16(15)14-17/h2-9,14H,10-13H2,1H3. The number of thiazole rings is 1. The van der Waals surface area contributed by atoms with E-state index in [1.165, 1.54) is 0 Å². The van der Waals surface area contributed by atoms with Crippen molar-refractivity contribution in [2.75, 3.05) is 38.2 Å². The summed E-state index contributed by atoms with van der Waals surface area (Å²) in [6.07, 6.45) is 0. The van der Waals surface area contributed by atoms with Crippen molar-refractivity contribution < 1.29 is 9.53 Å². The molecule has 5 rings (SSSR count). The number of fused-ring (bicyclic) bond motifs is 2. The van der Waals surface area contributed by atoms with Gasteiger partial charge in [0, 0.05) is 31.7 Å². The van der Waals surface area contributed by atoms with Crippen LogP contribution in [0, 0.1) is 0 Å². The fourth-order valence-electron chi connectivity index (χ4n) is 3.85. The first-order chi connectivity index (χ1) is 14.6. The number of ether oxygens (including phenoxy) is 1. The van der Waals surface area contributed by atoms with Gasteiger partial charge in [0.2, 0.25) is 0 Å². The van der Waals surface area contributed by atoms with E-state index >= 15 is 0 Å². The molecule has 4 aromatic rings. The summed E-state index contributed by atoms with van der Waals surface area (Å²) in [4.78, 5) is 21.9. The minimum atomic E-state index is 0.0782. The van der Waals surface area contributed by atoms with Crippen molar-refractivity contribution in [2.24, 2.45) is 0 Å². The molecule has 1 saturated heterocycles. The Labute approximate surface area is 183 Å². The van der Waals surface area contributed by atoms with Crippen molar-refractivity contribution >= 4 is 55.0 Å². The largest absolute Gasteiger partial charge is 0.494 e. The van der Waals surface area contributed by atoms with E-state index in [2.05, 4.69) is 11.0 Å². The van der Waals surface area contributed by atoms with Crippen LogP contribution in [0.5, 0.6) is 5.75 Å². The van der Waals surface area contributed by atoms with Crippen LogP contribution in [0.25, 0.3) is 21.0 Å². The summed E-state index contributed by atoms with van der Waals surface area (Å²) in [7, 11) is 1.64. The number of methoxy groups -OCH3 is 1. The van der Waals surface area contributed by atoms with E-state index in [1.54, 1.807) is 18.4 Å². The Morgan fingerprint density at radius 1 is 1.03 bits per heavy atom. The topological polar surface area (TPSA) is 45.7 Å². The number of halogens is 1. The average Bonchev–Trinajstić information content (AvgIpc) is 3.25. The molecule has 0 unspecified atom stereocenters. The number of hydrogen-bond donors (Lipinski definition) is 0. The third-order valence-electron chi connectivity index (χ3n) is 5.50. The molecule has 152 valence electrons. The second-order valence-corrected chi connectivity index (χ2v) is 8.65. The maximum absolute atomic E-state index is 13.0. The Morgan fingerprint density at radius 2 is 1.80 bits per heavy atom. The van der Waals surface area contributed by atoms with Crippen molar-refractivity contribution in [3.8, 4) is 5.75 Å². The SMILES string of the molecule is COc1ccc(Cl)c2sc(N3CCN(C(=O)c4ccc5ccccc5c4)CC3)nc12. The van der Waals surface area contributed by atoms with Gasteiger partial charge in [-0.1, -0.05) is 53.3 Å². The van der Waals surface area contributed by atoms with Crippen LogP contribution in [0.1, 0.15) is 10.4 Å². The number of carbonyl (C=O) groups is 1. The Bertz CT molecular complexity index is 1250. The Balaban J connectivity index is 1.33. The number of amides is 1. The van der Waals surface area contributed by atoms with E-state index in [-0.39, 0.29) is 5.91 Å². The normalized spacial score (nSPS) is 14.5. The summed E-state index contributed by atoms with van der Waals surface area (Å²) in [5.41, 5.74) is 1.53. The van der Waals surface area contributed by atoms with Crippen molar-refractivity contribution in [3.05, 3.63) is 65.2 Å². The molecule has 1 aromatic heterocycles. The van der Waals surface area contributed by atoms with Crippen molar-refractivity contribution in [3.63, 3.8) is 0 Å². The van der Waals surface area contributed by atoms with Crippen molar-refractivity contribution in [2.45, 2.75) is 0 Å². The molecule has 1 aliphatic rings. The molecule has 0 saturated carbocycles. The fraction of sp³-hybridized carbons (Fsp3) is 0.217. The highest BCUT2D eigenvalue weighted by Gasteiger charge is 2.25. The lowest BCUT2D eigenvalue weighted by Crippen LogP contribution is -2.48. The van der Waals surface area contributed by atoms with Crippen molar-refractivity contribution in [1.82, 2.24) is 9.88 Å². The lowest BCUT2D eigenvalue weighted by atomic mass is 10.1. The summed E-state index contributed by atoms with van der Waals surface area (Å²) in [6.45, 7) is 2.79. The monoisotopic (exact) mass is 437 g/mol. The zero-order chi connectivity index (χ0) is 20.7. The molecule has 5 nitrogen and oxygen atoms in total. The third kappa shape index (κ3) is 3.36. The number of hydrogen-bond acceptors (Lipinski definition) is 5. The highest BCUT2D eigenvalue weighted by Crippen LogP contribution is 2.38. The van der Waals surface area contributed by atoms with E-state index in [1.807, 2.05) is 53.4 Å². The maximum Gasteiger partial charge on any atom is 0.253 e. The smallest absolute Gasteiger partial charge is 0.253 e. The highest BCUT2D eigenvalue weighted by atomic mass is 35.5. The molecule has 1 fully saturated rings. The van der Waals surface area contributed by atoms with Gasteiger partial charge in [0.05, 0.1) is 16.8 Å². The average molecular weight is 438 g/mol. The van der Waals surface area contributed by atoms with E-state index in [0.29, 0.717) is 18.1 Å². The lowest BCUT2D eigenvalue weighted by molar-refractivity contribution is 0.0747. The van der Waals surface area contributed by atoms with Crippen LogP contribution in [0.4, 0.5) is 5.13 Å². The van der Waals surface area contributed by atoms with E-state index in [9.17, 15) is 4.79 Å². The number of anilines is 1. The molecule has 0 spiro atoms. The van der Waals surface area contributed by atoms with Crippen LogP contribution >= 0.6 is 22.9 Å². The van der Waals surface area contributed by atoms with E-state index in [0.717, 1.165) is 50.5 Å². The van der Waals surface area contributed by atoms with Crippen LogP contribution in [-0.4, -0.2) is 49.1 Å². The second kappa shape index (κ2) is 7.78. The number of nitrogens with zero attached hydrogens (tertiary/aromatic N) is 3. The molecule has 0 aliphatic carbocycles. The molecule has 3 aromatic carbocycles. The maximum atomic E-state index is 13.0. The molecular formula is C23H20ClN3O2S. The van der Waals surface area contributed by atoms with Gasteiger partial charge in [0.15, 0.2) is 5.13 Å². The zero-order valence-corrected chi connectivity index (χ0v) is 18.0. The number of carbonyl (C=O) groups excluding carboxylic acids is 1. The van der Waals surface area contributed by atoms with Gasteiger partial charge in [0.1, 0.15) is 11.3 Å². The molecule has 2 heterocycles. The van der Waals surface area contributed by atoms with Gasteiger partial charge < -0.3 is 14.5 Å². The van der Waals surface area contributed by atoms with Gasteiger partial charge >= 0.3 is 0 Å². The molecule has 0 radical (unpaired) electrons. The van der Waals surface area contributed by atoms with Gasteiger partial charge in [-0.3, -0.25) is 4.79 Å². The predicted molar refractivity (Wildman–Crippen MR) is 123 cm³/mol. The summed E-state index contributed by atoms with van der Waals surface area (Å²) in [5, 5.41) is 3.82. The van der Waals surface area contributed by atoms with Crippen LogP contribution in [-0.2, 0) is 0 Å².